The molecule has 0 saturated heterocycles. The number of fused-ring (bicyclic) bond motifs is 2. The first-order valence-electron chi connectivity index (χ1n) is 8.29. The van der Waals surface area contributed by atoms with E-state index in [1.54, 1.807) is 6.92 Å². The first-order chi connectivity index (χ1) is 10.1. The van der Waals surface area contributed by atoms with Gasteiger partial charge in [-0.25, -0.2) is 8.78 Å². The van der Waals surface area contributed by atoms with Crippen molar-refractivity contribution in [1.82, 2.24) is 5.32 Å². The van der Waals surface area contributed by atoms with Crippen molar-refractivity contribution >= 4 is 0 Å². The number of halogens is 2. The van der Waals surface area contributed by atoms with Gasteiger partial charge < -0.3 is 5.32 Å². The van der Waals surface area contributed by atoms with Crippen LogP contribution < -0.4 is 5.32 Å². The van der Waals surface area contributed by atoms with Gasteiger partial charge >= 0.3 is 0 Å². The molecule has 1 aromatic carbocycles. The van der Waals surface area contributed by atoms with Crippen LogP contribution in [0.1, 0.15) is 56.2 Å². The summed E-state index contributed by atoms with van der Waals surface area (Å²) >= 11 is 0. The number of aryl methyl sites for hydroxylation is 1. The smallest absolute Gasteiger partial charge is 0.133 e. The van der Waals surface area contributed by atoms with Crippen LogP contribution in [0.4, 0.5) is 8.78 Å². The Morgan fingerprint density at radius 3 is 2.67 bits per heavy atom. The Kier molecular flexibility index (Phi) is 4.30. The Labute approximate surface area is 126 Å². The molecular weight excluding hydrogens is 268 g/mol. The van der Waals surface area contributed by atoms with Crippen LogP contribution >= 0.6 is 0 Å². The number of hydrogen-bond donors (Lipinski definition) is 1. The van der Waals surface area contributed by atoms with Gasteiger partial charge in [-0.3, -0.25) is 0 Å². The third-order valence-electron chi connectivity index (χ3n) is 5.47. The lowest BCUT2D eigenvalue weighted by atomic mass is 9.79. The standard InChI is InChI=1S/C18H25F2N/c1-3-8-21-18(14-10-12-5-6-13(14)9-12)16-15(19)7-4-11(2)17(16)20/h4,7,12-14,18,21H,3,5-6,8-10H2,1-2H3. The number of nitrogens with one attached hydrogen (secondary N) is 1. The fourth-order valence-corrected chi connectivity index (χ4v) is 4.43. The van der Waals surface area contributed by atoms with Crippen molar-refractivity contribution in [2.45, 2.75) is 52.0 Å². The Hall–Kier alpha value is -0.960. The Morgan fingerprint density at radius 2 is 2.05 bits per heavy atom. The van der Waals surface area contributed by atoms with E-state index < -0.39 is 5.82 Å². The minimum Gasteiger partial charge on any atom is -0.310 e. The molecule has 0 heterocycles. The molecular formula is C18H25F2N. The minimum atomic E-state index is -0.394. The molecule has 0 amide bonds. The Balaban J connectivity index is 1.94. The van der Waals surface area contributed by atoms with Crippen molar-refractivity contribution in [3.63, 3.8) is 0 Å². The van der Waals surface area contributed by atoms with E-state index in [0.717, 1.165) is 25.3 Å². The van der Waals surface area contributed by atoms with Crippen LogP contribution in [0.15, 0.2) is 12.1 Å². The second-order valence-electron chi connectivity index (χ2n) is 6.86. The van der Waals surface area contributed by atoms with Gasteiger partial charge in [0.05, 0.1) is 0 Å². The topological polar surface area (TPSA) is 12.0 Å². The molecule has 2 aliphatic carbocycles. The van der Waals surface area contributed by atoms with Crippen molar-refractivity contribution in [2.24, 2.45) is 17.8 Å². The summed E-state index contributed by atoms with van der Waals surface area (Å²) in [6, 6.07) is 2.79. The van der Waals surface area contributed by atoms with Gasteiger partial charge in [-0.1, -0.05) is 19.4 Å². The van der Waals surface area contributed by atoms with E-state index in [1.807, 2.05) is 0 Å². The Bertz CT molecular complexity index is 514. The van der Waals surface area contributed by atoms with Gasteiger partial charge in [-0.05, 0) is 68.5 Å². The molecule has 4 unspecified atom stereocenters. The predicted octanol–water partition coefficient (Wildman–Crippen LogP) is 4.75. The maximum absolute atomic E-state index is 14.6. The second-order valence-corrected chi connectivity index (χ2v) is 6.86. The van der Waals surface area contributed by atoms with Crippen LogP contribution in [0.25, 0.3) is 0 Å². The van der Waals surface area contributed by atoms with Crippen LogP contribution in [-0.4, -0.2) is 6.54 Å². The molecule has 2 bridgehead atoms. The van der Waals surface area contributed by atoms with Crippen molar-refractivity contribution in [3.05, 3.63) is 34.9 Å². The van der Waals surface area contributed by atoms with Gasteiger partial charge in [0.25, 0.3) is 0 Å². The van der Waals surface area contributed by atoms with E-state index in [2.05, 4.69) is 12.2 Å². The van der Waals surface area contributed by atoms with Gasteiger partial charge in [-0.2, -0.15) is 0 Å². The minimum absolute atomic E-state index is 0.167. The van der Waals surface area contributed by atoms with E-state index in [1.165, 1.54) is 31.4 Å². The summed E-state index contributed by atoms with van der Waals surface area (Å²) in [7, 11) is 0. The first-order valence-corrected chi connectivity index (χ1v) is 8.29. The SMILES string of the molecule is CCCNC(c1c(F)ccc(C)c1F)C1CC2CCC1C2. The first kappa shape index (κ1) is 15.0. The third-order valence-corrected chi connectivity index (χ3v) is 5.47. The average molecular weight is 293 g/mol. The maximum atomic E-state index is 14.6. The van der Waals surface area contributed by atoms with Crippen molar-refractivity contribution in [1.29, 1.82) is 0 Å². The zero-order valence-corrected chi connectivity index (χ0v) is 13.0. The summed E-state index contributed by atoms with van der Waals surface area (Å²) in [5.41, 5.74) is 0.818. The van der Waals surface area contributed by atoms with Crippen LogP contribution in [0.2, 0.25) is 0 Å². The molecule has 3 heteroatoms. The summed E-state index contributed by atoms with van der Waals surface area (Å²) in [6.07, 6.45) is 5.89. The summed E-state index contributed by atoms with van der Waals surface area (Å²) in [6.45, 7) is 4.62. The van der Waals surface area contributed by atoms with E-state index in [4.69, 9.17) is 0 Å². The van der Waals surface area contributed by atoms with E-state index in [0.29, 0.717) is 17.4 Å². The highest BCUT2D eigenvalue weighted by Gasteiger charge is 2.44. The second kappa shape index (κ2) is 6.04. The lowest BCUT2D eigenvalue weighted by Gasteiger charge is -2.32. The quantitative estimate of drug-likeness (QED) is 0.826. The van der Waals surface area contributed by atoms with Crippen molar-refractivity contribution in [3.8, 4) is 0 Å². The van der Waals surface area contributed by atoms with Crippen molar-refractivity contribution < 1.29 is 8.78 Å². The van der Waals surface area contributed by atoms with E-state index >= 15 is 0 Å². The van der Waals surface area contributed by atoms with Crippen molar-refractivity contribution in [2.75, 3.05) is 6.54 Å². The molecule has 21 heavy (non-hydrogen) atoms. The molecule has 4 atom stereocenters. The molecule has 2 fully saturated rings. The zero-order chi connectivity index (χ0) is 15.0. The zero-order valence-electron chi connectivity index (χ0n) is 13.0. The van der Waals surface area contributed by atoms with E-state index in [-0.39, 0.29) is 17.4 Å². The van der Waals surface area contributed by atoms with Gasteiger partial charge in [0.1, 0.15) is 11.6 Å². The number of rotatable bonds is 5. The summed E-state index contributed by atoms with van der Waals surface area (Å²) < 4.78 is 28.9. The molecule has 116 valence electrons. The fraction of sp³-hybridized carbons (Fsp3) is 0.667. The van der Waals surface area contributed by atoms with Gasteiger partial charge in [0.15, 0.2) is 0 Å². The third kappa shape index (κ3) is 2.73. The lowest BCUT2D eigenvalue weighted by molar-refractivity contribution is 0.241. The number of benzene rings is 1. The summed E-state index contributed by atoms with van der Waals surface area (Å²) in [5, 5.41) is 3.44. The molecule has 3 rings (SSSR count). The Morgan fingerprint density at radius 1 is 1.24 bits per heavy atom. The highest BCUT2D eigenvalue weighted by atomic mass is 19.1. The highest BCUT2D eigenvalue weighted by Crippen LogP contribution is 2.53. The monoisotopic (exact) mass is 293 g/mol. The normalized spacial score (nSPS) is 29.0. The predicted molar refractivity (Wildman–Crippen MR) is 81.1 cm³/mol. The molecule has 1 nitrogen and oxygen atoms in total. The number of hydrogen-bond acceptors (Lipinski definition) is 1. The molecule has 0 aliphatic heterocycles. The fourth-order valence-electron chi connectivity index (χ4n) is 4.43. The van der Waals surface area contributed by atoms with Gasteiger partial charge in [0, 0.05) is 11.6 Å². The summed E-state index contributed by atoms with van der Waals surface area (Å²) in [5.74, 6) is 1.06. The lowest BCUT2D eigenvalue weighted by Crippen LogP contribution is -2.33. The molecule has 0 aromatic heterocycles. The summed E-state index contributed by atoms with van der Waals surface area (Å²) in [4.78, 5) is 0. The molecule has 2 aliphatic rings. The van der Waals surface area contributed by atoms with Crippen LogP contribution in [-0.2, 0) is 0 Å². The maximum Gasteiger partial charge on any atom is 0.133 e. The molecule has 1 aromatic rings. The molecule has 0 spiro atoms. The van der Waals surface area contributed by atoms with E-state index in [9.17, 15) is 8.78 Å². The van der Waals surface area contributed by atoms with Crippen LogP contribution in [0.5, 0.6) is 0 Å². The van der Waals surface area contributed by atoms with Crippen LogP contribution in [0, 0.1) is 36.3 Å². The molecule has 2 saturated carbocycles. The molecule has 1 N–H and O–H groups in total. The van der Waals surface area contributed by atoms with Gasteiger partial charge in [-0.15, -0.1) is 0 Å². The average Bonchev–Trinajstić information content (AvgIpc) is 3.09. The molecule has 0 radical (unpaired) electrons. The highest BCUT2D eigenvalue weighted by molar-refractivity contribution is 5.30. The van der Waals surface area contributed by atoms with Gasteiger partial charge in [0.2, 0.25) is 0 Å². The van der Waals surface area contributed by atoms with Crippen LogP contribution in [0.3, 0.4) is 0 Å². The largest absolute Gasteiger partial charge is 0.310 e.